The first kappa shape index (κ1) is 35.7. The van der Waals surface area contributed by atoms with E-state index in [1.54, 1.807) is 13.1 Å². The Morgan fingerprint density at radius 3 is 2.47 bits per heavy atom. The molecule has 13 heteroatoms. The first-order valence-corrected chi connectivity index (χ1v) is 18.4. The van der Waals surface area contributed by atoms with Gasteiger partial charge < -0.3 is 29.2 Å². The molecule has 2 saturated heterocycles. The van der Waals surface area contributed by atoms with E-state index in [-0.39, 0.29) is 17.8 Å². The van der Waals surface area contributed by atoms with Crippen LogP contribution in [0.1, 0.15) is 93.7 Å². The molecule has 2 saturated carbocycles. The molecule has 2 bridgehead atoms. The first-order chi connectivity index (χ1) is 24.4. The fraction of sp³-hybridized carbons (Fsp3) is 0.632. The Balaban J connectivity index is 1.22. The van der Waals surface area contributed by atoms with Gasteiger partial charge in [-0.2, -0.15) is 13.2 Å². The van der Waals surface area contributed by atoms with Crippen molar-refractivity contribution in [2.75, 3.05) is 33.0 Å². The minimum Gasteiger partial charge on any atom is -0.494 e. The SMILES string of the molecule is CC1CC2CC(C)C(NC(=O)c3cnc(-c4cn(C5CCOCC5)c5cc(OCCC6CCOCC6)ccc45)nc3C(F)(F)F)(C(=O)O)C(C1)C2. The summed E-state index contributed by atoms with van der Waals surface area (Å²) in [5.74, 6) is -1.58. The summed E-state index contributed by atoms with van der Waals surface area (Å²) in [5, 5.41) is 13.8. The van der Waals surface area contributed by atoms with E-state index >= 15 is 0 Å². The van der Waals surface area contributed by atoms with Crippen molar-refractivity contribution in [2.45, 2.75) is 89.4 Å². The topological polar surface area (TPSA) is 125 Å². The molecule has 2 aliphatic carbocycles. The predicted molar refractivity (Wildman–Crippen MR) is 182 cm³/mol. The van der Waals surface area contributed by atoms with Gasteiger partial charge in [0.15, 0.2) is 11.5 Å². The lowest BCUT2D eigenvalue weighted by atomic mass is 9.56. The van der Waals surface area contributed by atoms with Gasteiger partial charge in [-0.05, 0) is 99.5 Å². The van der Waals surface area contributed by atoms with Gasteiger partial charge in [0.1, 0.15) is 11.3 Å². The van der Waals surface area contributed by atoms with Gasteiger partial charge >= 0.3 is 12.1 Å². The summed E-state index contributed by atoms with van der Waals surface area (Å²) < 4.78 is 63.5. The number of aromatic nitrogens is 3. The lowest BCUT2D eigenvalue weighted by Gasteiger charge is -2.52. The monoisotopic (exact) mass is 712 g/mol. The van der Waals surface area contributed by atoms with Crippen LogP contribution in [0.4, 0.5) is 13.2 Å². The van der Waals surface area contributed by atoms with Crippen LogP contribution in [0.15, 0.2) is 30.6 Å². The van der Waals surface area contributed by atoms with Crippen molar-refractivity contribution in [1.29, 1.82) is 0 Å². The van der Waals surface area contributed by atoms with E-state index in [1.807, 2.05) is 18.2 Å². The summed E-state index contributed by atoms with van der Waals surface area (Å²) in [6.07, 6.45) is 4.82. The van der Waals surface area contributed by atoms with Crippen LogP contribution < -0.4 is 10.1 Å². The number of carboxylic acid groups (broad SMARTS) is 1. The lowest BCUT2D eigenvalue weighted by Crippen LogP contribution is -2.66. The van der Waals surface area contributed by atoms with Crippen molar-refractivity contribution in [2.24, 2.45) is 29.6 Å². The zero-order chi connectivity index (χ0) is 35.9. The van der Waals surface area contributed by atoms with Crippen molar-refractivity contribution < 1.29 is 42.1 Å². The molecule has 1 aromatic carbocycles. The minimum atomic E-state index is -5.01. The molecule has 2 N–H and O–H groups in total. The average molecular weight is 713 g/mol. The number of amides is 1. The minimum absolute atomic E-state index is 0.0476. The number of fused-ring (bicyclic) bond motifs is 3. The van der Waals surface area contributed by atoms with Gasteiger partial charge in [-0.25, -0.2) is 14.8 Å². The molecule has 10 nitrogen and oxygen atoms in total. The van der Waals surface area contributed by atoms with Gasteiger partial charge in [0.2, 0.25) is 0 Å². The van der Waals surface area contributed by atoms with Gasteiger partial charge in [-0.3, -0.25) is 4.79 Å². The Kier molecular flexibility index (Phi) is 10.1. The highest BCUT2D eigenvalue weighted by Crippen LogP contribution is 2.50. The summed E-state index contributed by atoms with van der Waals surface area (Å²) in [4.78, 5) is 35.0. The number of carboxylic acids is 1. The van der Waals surface area contributed by atoms with Crippen LogP contribution >= 0.6 is 0 Å². The number of hydrogen-bond acceptors (Lipinski definition) is 7. The largest absolute Gasteiger partial charge is 0.494 e. The number of nitrogens with zero attached hydrogens (tertiary/aromatic N) is 3. The van der Waals surface area contributed by atoms with Crippen LogP contribution in [0, 0.1) is 29.6 Å². The van der Waals surface area contributed by atoms with Gasteiger partial charge in [0.25, 0.3) is 5.91 Å². The van der Waals surface area contributed by atoms with Crippen LogP contribution in [0.2, 0.25) is 0 Å². The maximum Gasteiger partial charge on any atom is 0.434 e. The third kappa shape index (κ3) is 7.07. The number of carbonyl (C=O) groups is 2. The molecule has 4 heterocycles. The molecule has 2 aromatic heterocycles. The number of ether oxygens (including phenoxy) is 3. The Bertz CT molecular complexity index is 1750. The van der Waals surface area contributed by atoms with Crippen molar-refractivity contribution in [3.8, 4) is 17.1 Å². The predicted octanol–water partition coefficient (Wildman–Crippen LogP) is 7.31. The number of alkyl halides is 3. The summed E-state index contributed by atoms with van der Waals surface area (Å²) in [5.41, 5.74) is -2.70. The normalized spacial score (nSPS) is 27.7. The van der Waals surface area contributed by atoms with Crippen LogP contribution in [-0.4, -0.2) is 70.1 Å². The number of aliphatic carboxylic acids is 1. The van der Waals surface area contributed by atoms with Gasteiger partial charge in [0, 0.05) is 61.9 Å². The molecule has 0 spiro atoms. The number of benzene rings is 1. The Hall–Kier alpha value is -3.71. The highest BCUT2D eigenvalue weighted by atomic mass is 19.4. The number of nitrogens with one attached hydrogen (secondary N) is 1. The average Bonchev–Trinajstić information content (AvgIpc) is 3.49. The molecule has 2 aliphatic heterocycles. The summed E-state index contributed by atoms with van der Waals surface area (Å²) in [7, 11) is 0. The van der Waals surface area contributed by atoms with Crippen LogP contribution in [0.5, 0.6) is 5.75 Å². The number of halogens is 3. The van der Waals surface area contributed by atoms with Crippen LogP contribution in [-0.2, 0) is 20.4 Å². The van der Waals surface area contributed by atoms with E-state index < -0.39 is 46.7 Å². The molecule has 7 rings (SSSR count). The van der Waals surface area contributed by atoms with E-state index in [9.17, 15) is 27.9 Å². The molecule has 5 unspecified atom stereocenters. The second-order valence-corrected chi connectivity index (χ2v) is 15.3. The molecule has 4 fully saturated rings. The third-order valence-electron chi connectivity index (χ3n) is 11.9. The number of rotatable bonds is 9. The second-order valence-electron chi connectivity index (χ2n) is 15.3. The zero-order valence-electron chi connectivity index (χ0n) is 29.2. The summed E-state index contributed by atoms with van der Waals surface area (Å²) in [6.45, 7) is 7.04. The van der Waals surface area contributed by atoms with Crippen LogP contribution in [0.25, 0.3) is 22.3 Å². The van der Waals surface area contributed by atoms with E-state index in [0.29, 0.717) is 67.6 Å². The second kappa shape index (κ2) is 14.4. The molecular weight excluding hydrogens is 665 g/mol. The van der Waals surface area contributed by atoms with Gasteiger partial charge in [0.05, 0.1) is 17.7 Å². The van der Waals surface area contributed by atoms with E-state index in [0.717, 1.165) is 63.5 Å². The number of hydrogen-bond donors (Lipinski definition) is 2. The molecule has 1 amide bonds. The molecule has 0 radical (unpaired) electrons. The maximum absolute atomic E-state index is 14.8. The Morgan fingerprint density at radius 1 is 1.04 bits per heavy atom. The van der Waals surface area contributed by atoms with E-state index in [1.165, 1.54) is 0 Å². The third-order valence-corrected chi connectivity index (χ3v) is 11.9. The van der Waals surface area contributed by atoms with Crippen molar-refractivity contribution >= 4 is 22.8 Å². The van der Waals surface area contributed by atoms with Crippen molar-refractivity contribution in [3.63, 3.8) is 0 Å². The fourth-order valence-corrected chi connectivity index (χ4v) is 9.35. The smallest absolute Gasteiger partial charge is 0.434 e. The molecule has 51 heavy (non-hydrogen) atoms. The summed E-state index contributed by atoms with van der Waals surface area (Å²) in [6, 6.07) is 5.59. The van der Waals surface area contributed by atoms with Gasteiger partial charge in [-0.1, -0.05) is 13.8 Å². The maximum atomic E-state index is 14.8. The number of carbonyl (C=O) groups excluding carboxylic acids is 1. The summed E-state index contributed by atoms with van der Waals surface area (Å²) >= 11 is 0. The Labute approximate surface area is 295 Å². The quantitative estimate of drug-likeness (QED) is 0.237. The first-order valence-electron chi connectivity index (χ1n) is 18.4. The molecule has 5 atom stereocenters. The van der Waals surface area contributed by atoms with Crippen molar-refractivity contribution in [3.05, 3.63) is 41.9 Å². The molecule has 4 aliphatic rings. The molecule has 3 aromatic rings. The van der Waals surface area contributed by atoms with Crippen molar-refractivity contribution in [1.82, 2.24) is 19.9 Å². The fourth-order valence-electron chi connectivity index (χ4n) is 9.35. The molecular formula is C38H47F3N4O6. The zero-order valence-corrected chi connectivity index (χ0v) is 29.2. The van der Waals surface area contributed by atoms with E-state index in [2.05, 4.69) is 26.8 Å². The Morgan fingerprint density at radius 2 is 1.76 bits per heavy atom. The van der Waals surface area contributed by atoms with Crippen LogP contribution in [0.3, 0.4) is 0 Å². The standard InChI is InChI=1S/C38H47F3N4O6/c1-22-15-25-17-23(2)37(36(47)48,26(16-22)18-25)44-35(46)30-20-42-34(43-33(30)38(39,40)41)31-21-45(27-8-12-50-13-9-27)32-19-28(3-4-29(31)32)51-14-7-24-5-10-49-11-6-24/h3-4,19-27H,5-18H2,1-2H3,(H,44,46)(H,47,48). The molecule has 276 valence electrons. The van der Waals surface area contributed by atoms with E-state index in [4.69, 9.17) is 14.2 Å². The lowest BCUT2D eigenvalue weighted by molar-refractivity contribution is -0.155. The highest BCUT2D eigenvalue weighted by molar-refractivity contribution is 6.00. The highest BCUT2D eigenvalue weighted by Gasteiger charge is 2.57. The van der Waals surface area contributed by atoms with Gasteiger partial charge in [-0.15, -0.1) is 0 Å².